The maximum absolute atomic E-state index is 4.50. The van der Waals surface area contributed by atoms with Crippen LogP contribution >= 0.6 is 0 Å². The summed E-state index contributed by atoms with van der Waals surface area (Å²) < 4.78 is 2.31. The minimum atomic E-state index is 0.743. The topological polar surface area (TPSA) is 34.0 Å². The van der Waals surface area contributed by atoms with Gasteiger partial charge in [-0.3, -0.25) is 9.88 Å². The van der Waals surface area contributed by atoms with Crippen LogP contribution in [-0.2, 0) is 13.1 Å². The molecule has 118 valence electrons. The van der Waals surface area contributed by atoms with Gasteiger partial charge in [0.1, 0.15) is 0 Å². The lowest BCUT2D eigenvalue weighted by atomic mass is 9.96. The molecule has 0 unspecified atom stereocenters. The van der Waals surface area contributed by atoms with E-state index in [1.54, 1.807) is 0 Å². The van der Waals surface area contributed by atoms with E-state index < -0.39 is 0 Å². The van der Waals surface area contributed by atoms with Crippen molar-refractivity contribution in [1.82, 2.24) is 19.4 Å². The van der Waals surface area contributed by atoms with E-state index in [0.29, 0.717) is 0 Å². The molecule has 0 radical (unpaired) electrons. The first-order chi connectivity index (χ1) is 11.4. The van der Waals surface area contributed by atoms with E-state index in [2.05, 4.69) is 55.8 Å². The molecule has 0 atom stereocenters. The number of aromatic nitrogens is 3. The summed E-state index contributed by atoms with van der Waals surface area (Å²) in [6.07, 6.45) is 6.37. The Labute approximate surface area is 136 Å². The van der Waals surface area contributed by atoms with E-state index in [4.69, 9.17) is 0 Å². The van der Waals surface area contributed by atoms with E-state index in [-0.39, 0.29) is 0 Å². The van der Waals surface area contributed by atoms with E-state index in [1.165, 1.54) is 24.1 Å². The number of likely N-dealkylation sites (tertiary alicyclic amines) is 1. The van der Waals surface area contributed by atoms with Gasteiger partial charge in [0.25, 0.3) is 0 Å². The molecule has 1 saturated heterocycles. The Morgan fingerprint density at radius 2 is 1.78 bits per heavy atom. The monoisotopic (exact) mass is 306 g/mol. The molecule has 0 spiro atoms. The zero-order valence-corrected chi connectivity index (χ0v) is 13.3. The largest absolute Gasteiger partial charge is 0.330 e. The second kappa shape index (κ2) is 6.50. The maximum atomic E-state index is 4.50. The number of nitrogens with zero attached hydrogens (tertiary/aromatic N) is 4. The Balaban J connectivity index is 1.35. The normalized spacial score (nSPS) is 16.9. The van der Waals surface area contributed by atoms with Crippen molar-refractivity contribution in [3.63, 3.8) is 0 Å². The van der Waals surface area contributed by atoms with Gasteiger partial charge in [0.05, 0.1) is 23.1 Å². The fourth-order valence-electron chi connectivity index (χ4n) is 3.48. The molecular weight excluding hydrogens is 284 g/mol. The van der Waals surface area contributed by atoms with E-state index >= 15 is 0 Å². The summed E-state index contributed by atoms with van der Waals surface area (Å²) in [4.78, 5) is 11.5. The van der Waals surface area contributed by atoms with Crippen LogP contribution in [0.1, 0.15) is 18.5 Å². The summed E-state index contributed by atoms with van der Waals surface area (Å²) in [5.74, 6) is 0.743. The van der Waals surface area contributed by atoms with Crippen molar-refractivity contribution in [3.05, 3.63) is 60.7 Å². The highest BCUT2D eigenvalue weighted by molar-refractivity contribution is 5.74. The molecule has 4 rings (SSSR count). The standard InChI is InChI=1S/C19H22N4/c1-2-7-19-18(6-1)21-15-23(19)13-16-8-11-22(12-9-16)14-17-5-3-4-10-20-17/h1-7,10,15-16H,8-9,11-14H2. The summed E-state index contributed by atoms with van der Waals surface area (Å²) in [5.41, 5.74) is 3.52. The van der Waals surface area contributed by atoms with Crippen molar-refractivity contribution in [2.75, 3.05) is 13.1 Å². The van der Waals surface area contributed by atoms with Crippen molar-refractivity contribution < 1.29 is 0 Å². The second-order valence-corrected chi connectivity index (χ2v) is 6.43. The number of fused-ring (bicyclic) bond motifs is 1. The van der Waals surface area contributed by atoms with Gasteiger partial charge in [-0.2, -0.15) is 0 Å². The molecule has 0 aliphatic carbocycles. The molecule has 1 aliphatic heterocycles. The number of hydrogen-bond acceptors (Lipinski definition) is 3. The number of pyridine rings is 1. The molecular formula is C19H22N4. The lowest BCUT2D eigenvalue weighted by molar-refractivity contribution is 0.166. The van der Waals surface area contributed by atoms with Crippen LogP contribution in [0.4, 0.5) is 0 Å². The molecule has 0 saturated carbocycles. The van der Waals surface area contributed by atoms with Gasteiger partial charge in [-0.1, -0.05) is 18.2 Å². The second-order valence-electron chi connectivity index (χ2n) is 6.43. The van der Waals surface area contributed by atoms with Gasteiger partial charge >= 0.3 is 0 Å². The number of rotatable bonds is 4. The third-order valence-electron chi connectivity index (χ3n) is 4.80. The van der Waals surface area contributed by atoms with Crippen LogP contribution in [0.2, 0.25) is 0 Å². The van der Waals surface area contributed by atoms with Crippen LogP contribution in [0, 0.1) is 5.92 Å². The highest BCUT2D eigenvalue weighted by atomic mass is 15.1. The number of hydrogen-bond donors (Lipinski definition) is 0. The smallest absolute Gasteiger partial charge is 0.0958 e. The average Bonchev–Trinajstić information content (AvgIpc) is 3.01. The van der Waals surface area contributed by atoms with Crippen molar-refractivity contribution >= 4 is 11.0 Å². The fourth-order valence-corrected chi connectivity index (χ4v) is 3.48. The quantitative estimate of drug-likeness (QED) is 0.741. The number of imidazole rings is 1. The number of para-hydroxylation sites is 2. The lowest BCUT2D eigenvalue weighted by Crippen LogP contribution is -2.34. The first-order valence-electron chi connectivity index (χ1n) is 8.40. The van der Waals surface area contributed by atoms with Gasteiger partial charge in [0.2, 0.25) is 0 Å². The third-order valence-corrected chi connectivity index (χ3v) is 4.80. The molecule has 0 bridgehead atoms. The lowest BCUT2D eigenvalue weighted by Gasteiger charge is -2.31. The predicted molar refractivity (Wildman–Crippen MR) is 92.0 cm³/mol. The summed E-state index contributed by atoms with van der Waals surface area (Å²) in [6, 6.07) is 14.6. The van der Waals surface area contributed by atoms with Gasteiger partial charge < -0.3 is 4.57 Å². The number of benzene rings is 1. The molecule has 23 heavy (non-hydrogen) atoms. The molecule has 4 heteroatoms. The minimum Gasteiger partial charge on any atom is -0.330 e. The Morgan fingerprint density at radius 1 is 0.957 bits per heavy atom. The third kappa shape index (κ3) is 3.27. The van der Waals surface area contributed by atoms with Crippen molar-refractivity contribution in [3.8, 4) is 0 Å². The van der Waals surface area contributed by atoms with E-state index in [1.807, 2.05) is 18.6 Å². The van der Waals surface area contributed by atoms with E-state index in [0.717, 1.165) is 37.6 Å². The summed E-state index contributed by atoms with van der Waals surface area (Å²) in [7, 11) is 0. The van der Waals surface area contributed by atoms with Gasteiger partial charge in [-0.15, -0.1) is 0 Å². The van der Waals surface area contributed by atoms with Crippen LogP contribution in [0.3, 0.4) is 0 Å². The molecule has 1 aliphatic rings. The van der Waals surface area contributed by atoms with Crippen molar-refractivity contribution in [2.24, 2.45) is 5.92 Å². The zero-order valence-electron chi connectivity index (χ0n) is 13.3. The van der Waals surface area contributed by atoms with Crippen molar-refractivity contribution in [2.45, 2.75) is 25.9 Å². The number of piperidine rings is 1. The molecule has 4 nitrogen and oxygen atoms in total. The SMILES string of the molecule is c1ccc(CN2CCC(Cn3cnc4ccccc43)CC2)nc1. The summed E-state index contributed by atoms with van der Waals surface area (Å²) >= 11 is 0. The maximum Gasteiger partial charge on any atom is 0.0958 e. The van der Waals surface area contributed by atoms with Gasteiger partial charge in [-0.05, 0) is 56.1 Å². The van der Waals surface area contributed by atoms with Crippen LogP contribution in [-0.4, -0.2) is 32.5 Å². The van der Waals surface area contributed by atoms with Crippen LogP contribution in [0.15, 0.2) is 55.0 Å². The Hall–Kier alpha value is -2.20. The fraction of sp³-hybridized carbons (Fsp3) is 0.368. The van der Waals surface area contributed by atoms with Gasteiger partial charge in [-0.25, -0.2) is 4.98 Å². The molecule has 3 aromatic rings. The Morgan fingerprint density at radius 3 is 2.61 bits per heavy atom. The zero-order chi connectivity index (χ0) is 15.5. The summed E-state index contributed by atoms with van der Waals surface area (Å²) in [5, 5.41) is 0. The van der Waals surface area contributed by atoms with Gasteiger partial charge in [0, 0.05) is 19.3 Å². The van der Waals surface area contributed by atoms with Crippen LogP contribution in [0.5, 0.6) is 0 Å². The highest BCUT2D eigenvalue weighted by Crippen LogP contribution is 2.22. The molecule has 0 amide bonds. The molecule has 1 aromatic carbocycles. The van der Waals surface area contributed by atoms with E-state index in [9.17, 15) is 0 Å². The minimum absolute atomic E-state index is 0.743. The van der Waals surface area contributed by atoms with Crippen LogP contribution < -0.4 is 0 Å². The average molecular weight is 306 g/mol. The highest BCUT2D eigenvalue weighted by Gasteiger charge is 2.20. The molecule has 0 N–H and O–H groups in total. The first kappa shape index (κ1) is 14.4. The molecule has 1 fully saturated rings. The Bertz CT molecular complexity index is 757. The van der Waals surface area contributed by atoms with Gasteiger partial charge in [0.15, 0.2) is 0 Å². The summed E-state index contributed by atoms with van der Waals surface area (Å²) in [6.45, 7) is 4.38. The Kier molecular flexibility index (Phi) is 4.07. The van der Waals surface area contributed by atoms with Crippen LogP contribution in [0.25, 0.3) is 11.0 Å². The van der Waals surface area contributed by atoms with Crippen molar-refractivity contribution in [1.29, 1.82) is 0 Å². The first-order valence-corrected chi connectivity index (χ1v) is 8.40. The predicted octanol–water partition coefficient (Wildman–Crippen LogP) is 3.34. The molecule has 3 heterocycles. The molecule has 2 aromatic heterocycles.